The van der Waals surface area contributed by atoms with Gasteiger partial charge >= 0.3 is 0 Å². The molecule has 0 amide bonds. The predicted octanol–water partition coefficient (Wildman–Crippen LogP) is 5.29. The van der Waals surface area contributed by atoms with Gasteiger partial charge in [0.2, 0.25) is 0 Å². The van der Waals surface area contributed by atoms with Crippen LogP contribution in [-0.4, -0.2) is 6.04 Å². The lowest BCUT2D eigenvalue weighted by Gasteiger charge is -2.23. The van der Waals surface area contributed by atoms with Crippen LogP contribution in [0.3, 0.4) is 0 Å². The van der Waals surface area contributed by atoms with E-state index in [1.807, 2.05) is 0 Å². The Labute approximate surface area is 119 Å². The Morgan fingerprint density at radius 3 is 1.89 bits per heavy atom. The SMILES string of the molecule is CCC(C)CC(C)NC(C)c1ccc(C(C)C)cc1. The lowest BCUT2D eigenvalue weighted by molar-refractivity contribution is 0.385. The Morgan fingerprint density at radius 1 is 0.895 bits per heavy atom. The van der Waals surface area contributed by atoms with Crippen LogP contribution in [0.2, 0.25) is 0 Å². The average Bonchev–Trinajstić information content (AvgIpc) is 2.38. The van der Waals surface area contributed by atoms with Gasteiger partial charge in [-0.05, 0) is 43.2 Å². The summed E-state index contributed by atoms with van der Waals surface area (Å²) in [6, 6.07) is 10.1. The van der Waals surface area contributed by atoms with Crippen molar-refractivity contribution in [3.8, 4) is 0 Å². The summed E-state index contributed by atoms with van der Waals surface area (Å²) in [5, 5.41) is 3.71. The number of hydrogen-bond donors (Lipinski definition) is 1. The van der Waals surface area contributed by atoms with E-state index in [0.29, 0.717) is 18.0 Å². The van der Waals surface area contributed by atoms with Crippen molar-refractivity contribution in [3.05, 3.63) is 35.4 Å². The standard InChI is InChI=1S/C18H31N/c1-7-14(4)12-15(5)19-16(6)18-10-8-17(9-11-18)13(2)3/h8-11,13-16,19H,7,12H2,1-6H3. The number of nitrogens with one attached hydrogen (secondary N) is 1. The molecule has 0 radical (unpaired) electrons. The second kappa shape index (κ2) is 7.69. The number of hydrogen-bond acceptors (Lipinski definition) is 1. The van der Waals surface area contributed by atoms with Gasteiger partial charge in [-0.1, -0.05) is 58.4 Å². The lowest BCUT2D eigenvalue weighted by Crippen LogP contribution is -2.30. The molecule has 0 aliphatic carbocycles. The van der Waals surface area contributed by atoms with Crippen LogP contribution >= 0.6 is 0 Å². The van der Waals surface area contributed by atoms with E-state index in [2.05, 4.69) is 71.1 Å². The van der Waals surface area contributed by atoms with Crippen LogP contribution < -0.4 is 5.32 Å². The van der Waals surface area contributed by atoms with E-state index in [1.54, 1.807) is 0 Å². The highest BCUT2D eigenvalue weighted by Gasteiger charge is 2.12. The van der Waals surface area contributed by atoms with Gasteiger partial charge in [-0.25, -0.2) is 0 Å². The van der Waals surface area contributed by atoms with E-state index in [0.717, 1.165) is 5.92 Å². The molecule has 0 aromatic heterocycles. The molecule has 0 saturated heterocycles. The summed E-state index contributed by atoms with van der Waals surface area (Å²) < 4.78 is 0. The second-order valence-electron chi connectivity index (χ2n) is 6.36. The molecule has 0 saturated carbocycles. The van der Waals surface area contributed by atoms with Gasteiger partial charge in [0.25, 0.3) is 0 Å². The molecule has 3 unspecified atom stereocenters. The summed E-state index contributed by atoms with van der Waals surface area (Å²) in [6.45, 7) is 13.6. The fraction of sp³-hybridized carbons (Fsp3) is 0.667. The minimum Gasteiger partial charge on any atom is -0.308 e. The molecule has 1 aromatic carbocycles. The van der Waals surface area contributed by atoms with Gasteiger partial charge in [0.15, 0.2) is 0 Å². The summed E-state index contributed by atoms with van der Waals surface area (Å²) in [7, 11) is 0. The van der Waals surface area contributed by atoms with Gasteiger partial charge < -0.3 is 5.32 Å². The molecule has 108 valence electrons. The monoisotopic (exact) mass is 261 g/mol. The van der Waals surface area contributed by atoms with E-state index < -0.39 is 0 Å². The Balaban J connectivity index is 2.55. The summed E-state index contributed by atoms with van der Waals surface area (Å²) in [6.07, 6.45) is 2.52. The van der Waals surface area contributed by atoms with Crippen LogP contribution in [0.5, 0.6) is 0 Å². The van der Waals surface area contributed by atoms with Crippen molar-refractivity contribution in [2.75, 3.05) is 0 Å². The molecule has 0 aliphatic rings. The van der Waals surface area contributed by atoms with Gasteiger partial charge in [-0.15, -0.1) is 0 Å². The van der Waals surface area contributed by atoms with Crippen molar-refractivity contribution in [3.63, 3.8) is 0 Å². The predicted molar refractivity (Wildman–Crippen MR) is 85.6 cm³/mol. The maximum absolute atomic E-state index is 3.71. The van der Waals surface area contributed by atoms with Crippen LogP contribution in [-0.2, 0) is 0 Å². The van der Waals surface area contributed by atoms with Gasteiger partial charge in [0, 0.05) is 12.1 Å². The van der Waals surface area contributed by atoms with Crippen molar-refractivity contribution in [2.45, 2.75) is 72.4 Å². The van der Waals surface area contributed by atoms with Crippen molar-refractivity contribution in [2.24, 2.45) is 5.92 Å². The van der Waals surface area contributed by atoms with Crippen molar-refractivity contribution in [1.29, 1.82) is 0 Å². The minimum absolute atomic E-state index is 0.431. The van der Waals surface area contributed by atoms with E-state index in [4.69, 9.17) is 0 Å². The molecule has 1 rings (SSSR count). The highest BCUT2D eigenvalue weighted by Crippen LogP contribution is 2.20. The maximum Gasteiger partial charge on any atom is 0.0294 e. The topological polar surface area (TPSA) is 12.0 Å². The van der Waals surface area contributed by atoms with Gasteiger partial charge in [-0.2, -0.15) is 0 Å². The zero-order chi connectivity index (χ0) is 14.4. The van der Waals surface area contributed by atoms with E-state index in [1.165, 1.54) is 24.0 Å². The van der Waals surface area contributed by atoms with E-state index in [9.17, 15) is 0 Å². The molecule has 1 aromatic rings. The molecule has 1 heteroatoms. The Bertz CT molecular complexity index is 352. The molecule has 0 bridgehead atoms. The highest BCUT2D eigenvalue weighted by molar-refractivity contribution is 5.26. The molecule has 0 aliphatic heterocycles. The van der Waals surface area contributed by atoms with Crippen LogP contribution in [0.4, 0.5) is 0 Å². The minimum atomic E-state index is 0.431. The summed E-state index contributed by atoms with van der Waals surface area (Å²) in [5.41, 5.74) is 2.81. The zero-order valence-corrected chi connectivity index (χ0v) is 13.5. The Hall–Kier alpha value is -0.820. The fourth-order valence-electron chi connectivity index (χ4n) is 2.53. The summed E-state index contributed by atoms with van der Waals surface area (Å²) in [4.78, 5) is 0. The van der Waals surface area contributed by atoms with Gasteiger partial charge in [-0.3, -0.25) is 0 Å². The first kappa shape index (κ1) is 16.2. The third-order valence-electron chi connectivity index (χ3n) is 4.09. The highest BCUT2D eigenvalue weighted by atomic mass is 14.9. The quantitative estimate of drug-likeness (QED) is 0.703. The van der Waals surface area contributed by atoms with Crippen LogP contribution in [0.25, 0.3) is 0 Å². The third kappa shape index (κ3) is 5.36. The zero-order valence-electron chi connectivity index (χ0n) is 13.5. The molecular weight excluding hydrogens is 230 g/mol. The third-order valence-corrected chi connectivity index (χ3v) is 4.09. The first-order valence-corrected chi connectivity index (χ1v) is 7.79. The van der Waals surface area contributed by atoms with Crippen molar-refractivity contribution in [1.82, 2.24) is 5.32 Å². The van der Waals surface area contributed by atoms with Crippen molar-refractivity contribution >= 4 is 0 Å². The second-order valence-corrected chi connectivity index (χ2v) is 6.36. The molecule has 0 spiro atoms. The number of rotatable bonds is 7. The molecule has 0 fully saturated rings. The smallest absolute Gasteiger partial charge is 0.0294 e. The number of benzene rings is 1. The molecule has 1 N–H and O–H groups in total. The van der Waals surface area contributed by atoms with Gasteiger partial charge in [0.1, 0.15) is 0 Å². The van der Waals surface area contributed by atoms with Crippen LogP contribution in [0, 0.1) is 5.92 Å². The first-order valence-electron chi connectivity index (χ1n) is 7.79. The average molecular weight is 261 g/mol. The molecule has 3 atom stereocenters. The summed E-state index contributed by atoms with van der Waals surface area (Å²) in [5.74, 6) is 1.42. The molecule has 1 nitrogen and oxygen atoms in total. The van der Waals surface area contributed by atoms with E-state index >= 15 is 0 Å². The van der Waals surface area contributed by atoms with Gasteiger partial charge in [0.05, 0.1) is 0 Å². The normalized spacial score (nSPS) is 16.4. The lowest BCUT2D eigenvalue weighted by atomic mass is 9.97. The maximum atomic E-state index is 3.71. The Morgan fingerprint density at radius 2 is 1.42 bits per heavy atom. The first-order chi connectivity index (χ1) is 8.93. The van der Waals surface area contributed by atoms with Crippen LogP contribution in [0.1, 0.15) is 77.5 Å². The fourth-order valence-corrected chi connectivity index (χ4v) is 2.53. The molecule has 0 heterocycles. The largest absolute Gasteiger partial charge is 0.308 e. The molecule has 19 heavy (non-hydrogen) atoms. The Kier molecular flexibility index (Phi) is 6.57. The summed E-state index contributed by atoms with van der Waals surface area (Å²) >= 11 is 0. The van der Waals surface area contributed by atoms with E-state index in [-0.39, 0.29) is 0 Å². The van der Waals surface area contributed by atoms with Crippen LogP contribution in [0.15, 0.2) is 24.3 Å². The van der Waals surface area contributed by atoms with Crippen molar-refractivity contribution < 1.29 is 0 Å². The molecular formula is C18H31N.